The molecule has 0 aliphatic carbocycles. The van der Waals surface area contributed by atoms with E-state index in [2.05, 4.69) is 0 Å². The van der Waals surface area contributed by atoms with E-state index in [1.54, 1.807) is 19.9 Å². The monoisotopic (exact) mass is 499 g/mol. The molecule has 0 amide bonds. The number of alkyl halides is 6. The van der Waals surface area contributed by atoms with Crippen molar-refractivity contribution in [1.29, 1.82) is 0 Å². The SMILES string of the molecule is CC1(C)COC(CCN(S(=O)(=O)C(F)(F)F)S(=O)(=O)C(F)(F)F)(c2ccccc2)OC1. The van der Waals surface area contributed by atoms with Crippen LogP contribution in [0.2, 0.25) is 0 Å². The van der Waals surface area contributed by atoms with Crippen molar-refractivity contribution in [1.82, 2.24) is 3.71 Å². The summed E-state index contributed by atoms with van der Waals surface area (Å²) in [5, 5.41) is 0. The number of nitrogens with zero attached hydrogens (tertiary/aromatic N) is 1. The van der Waals surface area contributed by atoms with E-state index in [1.807, 2.05) is 0 Å². The minimum absolute atomic E-state index is 0.0417. The second-order valence-electron chi connectivity index (χ2n) is 7.51. The van der Waals surface area contributed by atoms with Gasteiger partial charge >= 0.3 is 31.1 Å². The first kappa shape index (κ1) is 25.8. The van der Waals surface area contributed by atoms with Crippen LogP contribution in [0.25, 0.3) is 0 Å². The molecule has 0 spiro atoms. The van der Waals surface area contributed by atoms with Crippen molar-refractivity contribution in [2.24, 2.45) is 5.41 Å². The number of hydrogen-bond donors (Lipinski definition) is 0. The van der Waals surface area contributed by atoms with Crippen molar-refractivity contribution < 1.29 is 52.7 Å². The van der Waals surface area contributed by atoms with E-state index in [-0.39, 0.29) is 18.8 Å². The van der Waals surface area contributed by atoms with Crippen LogP contribution in [0.5, 0.6) is 0 Å². The maximum absolute atomic E-state index is 13.0. The first-order chi connectivity index (χ1) is 13.9. The third kappa shape index (κ3) is 5.16. The number of sulfonamides is 2. The molecule has 7 nitrogen and oxygen atoms in total. The van der Waals surface area contributed by atoms with Crippen molar-refractivity contribution >= 4 is 20.0 Å². The van der Waals surface area contributed by atoms with Gasteiger partial charge in [0, 0.05) is 23.9 Å². The van der Waals surface area contributed by atoms with E-state index in [0.717, 1.165) is 0 Å². The predicted molar refractivity (Wildman–Crippen MR) is 95.1 cm³/mol. The summed E-state index contributed by atoms with van der Waals surface area (Å²) in [7, 11) is -13.8. The molecular formula is C16H19F6NO6S2. The van der Waals surface area contributed by atoms with Gasteiger partial charge in [0.25, 0.3) is 0 Å². The fourth-order valence-corrected chi connectivity index (χ4v) is 5.36. The van der Waals surface area contributed by atoms with Crippen LogP contribution < -0.4 is 0 Å². The minimum Gasteiger partial charge on any atom is -0.345 e. The summed E-state index contributed by atoms with van der Waals surface area (Å²) in [5.74, 6) is -1.96. The van der Waals surface area contributed by atoms with E-state index in [9.17, 15) is 43.2 Å². The topological polar surface area (TPSA) is 90.0 Å². The number of rotatable bonds is 6. The van der Waals surface area contributed by atoms with Crippen LogP contribution in [0.4, 0.5) is 26.3 Å². The van der Waals surface area contributed by atoms with Gasteiger partial charge in [-0.1, -0.05) is 47.9 Å². The average Bonchev–Trinajstić information content (AvgIpc) is 2.62. The second kappa shape index (κ2) is 8.17. The van der Waals surface area contributed by atoms with E-state index in [4.69, 9.17) is 9.47 Å². The van der Waals surface area contributed by atoms with Crippen LogP contribution in [0.15, 0.2) is 30.3 Å². The average molecular weight is 499 g/mol. The Morgan fingerprint density at radius 2 is 1.29 bits per heavy atom. The molecular weight excluding hydrogens is 480 g/mol. The molecule has 1 fully saturated rings. The van der Waals surface area contributed by atoms with Crippen molar-refractivity contribution in [3.8, 4) is 0 Å². The lowest BCUT2D eigenvalue weighted by molar-refractivity contribution is -0.310. The Bertz CT molecular complexity index is 936. The van der Waals surface area contributed by atoms with E-state index in [1.165, 1.54) is 24.3 Å². The highest BCUT2D eigenvalue weighted by atomic mass is 32.3. The zero-order valence-electron chi connectivity index (χ0n) is 16.2. The Balaban J connectivity index is 2.50. The summed E-state index contributed by atoms with van der Waals surface area (Å²) in [5.41, 5.74) is -13.0. The fraction of sp³-hybridized carbons (Fsp3) is 0.625. The Morgan fingerprint density at radius 3 is 1.68 bits per heavy atom. The van der Waals surface area contributed by atoms with Gasteiger partial charge in [-0.15, -0.1) is 0 Å². The smallest absolute Gasteiger partial charge is 0.345 e. The third-order valence-electron chi connectivity index (χ3n) is 4.35. The molecule has 0 aromatic heterocycles. The minimum atomic E-state index is -6.90. The molecule has 1 aliphatic heterocycles. The Morgan fingerprint density at radius 1 is 0.871 bits per heavy atom. The molecule has 0 unspecified atom stereocenters. The summed E-state index contributed by atoms with van der Waals surface area (Å²) >= 11 is 0. The molecule has 31 heavy (non-hydrogen) atoms. The Kier molecular flexibility index (Phi) is 6.81. The van der Waals surface area contributed by atoms with Crippen LogP contribution in [-0.4, -0.2) is 51.3 Å². The molecule has 1 aromatic carbocycles. The lowest BCUT2D eigenvalue weighted by Gasteiger charge is -2.44. The number of benzene rings is 1. The normalized spacial score (nSPS) is 20.0. The van der Waals surface area contributed by atoms with Gasteiger partial charge < -0.3 is 9.47 Å². The summed E-state index contributed by atoms with van der Waals surface area (Å²) in [4.78, 5) is 0. The molecule has 0 saturated carbocycles. The van der Waals surface area contributed by atoms with E-state index >= 15 is 0 Å². The summed E-state index contributed by atoms with van der Waals surface area (Å²) < 4.78 is 134. The zero-order chi connectivity index (χ0) is 23.9. The standard InChI is InChI=1S/C16H19F6NO6S2/c1-13(2)10-28-14(29-11-13,12-6-4-3-5-7-12)8-9-23(30(24,25)15(17,18)19)31(26,27)16(20,21)22/h3-7H,8-11H2,1-2H3. The molecule has 15 heteroatoms. The summed E-state index contributed by atoms with van der Waals surface area (Å²) in [6, 6.07) is 7.34. The molecule has 1 aromatic rings. The maximum Gasteiger partial charge on any atom is 0.512 e. The van der Waals surface area contributed by atoms with Crippen LogP contribution >= 0.6 is 0 Å². The van der Waals surface area contributed by atoms with Crippen LogP contribution in [0.1, 0.15) is 25.8 Å². The first-order valence-electron chi connectivity index (χ1n) is 8.60. The molecule has 0 atom stereocenters. The van der Waals surface area contributed by atoms with Crippen molar-refractivity contribution in [3.63, 3.8) is 0 Å². The van der Waals surface area contributed by atoms with Gasteiger partial charge in [-0.2, -0.15) is 26.3 Å². The molecule has 2 rings (SSSR count). The lowest BCUT2D eigenvalue weighted by Crippen LogP contribution is -2.52. The molecule has 0 radical (unpaired) electrons. The van der Waals surface area contributed by atoms with Gasteiger partial charge in [0.2, 0.25) is 0 Å². The van der Waals surface area contributed by atoms with Gasteiger partial charge in [0.1, 0.15) is 0 Å². The molecule has 1 saturated heterocycles. The number of ether oxygens (including phenoxy) is 2. The Labute approximate surface area is 175 Å². The van der Waals surface area contributed by atoms with Crippen LogP contribution in [0.3, 0.4) is 0 Å². The first-order valence-corrected chi connectivity index (χ1v) is 11.5. The predicted octanol–water partition coefficient (Wildman–Crippen LogP) is 3.30. The zero-order valence-corrected chi connectivity index (χ0v) is 17.8. The highest BCUT2D eigenvalue weighted by Gasteiger charge is 2.62. The van der Waals surface area contributed by atoms with Crippen molar-refractivity contribution in [2.45, 2.75) is 37.1 Å². The number of hydrogen-bond acceptors (Lipinski definition) is 6. The Hall–Kier alpha value is -1.42. The van der Waals surface area contributed by atoms with Crippen LogP contribution in [0, 0.1) is 5.41 Å². The quantitative estimate of drug-likeness (QED) is 0.558. The molecule has 178 valence electrons. The fourth-order valence-electron chi connectivity index (χ4n) is 2.69. The van der Waals surface area contributed by atoms with Gasteiger partial charge in [0.05, 0.1) is 13.2 Å². The summed E-state index contributed by atoms with van der Waals surface area (Å²) in [6.07, 6.45) is -0.961. The molecule has 1 heterocycles. The largest absolute Gasteiger partial charge is 0.512 e. The van der Waals surface area contributed by atoms with E-state index in [0.29, 0.717) is 0 Å². The maximum atomic E-state index is 13.0. The van der Waals surface area contributed by atoms with E-state index < -0.39 is 58.9 Å². The van der Waals surface area contributed by atoms with Crippen molar-refractivity contribution in [2.75, 3.05) is 19.8 Å². The molecule has 1 aliphatic rings. The highest BCUT2D eigenvalue weighted by molar-refractivity contribution is 8.04. The molecule has 0 bridgehead atoms. The van der Waals surface area contributed by atoms with Gasteiger partial charge in [-0.3, -0.25) is 0 Å². The molecule has 0 N–H and O–H groups in total. The van der Waals surface area contributed by atoms with Crippen molar-refractivity contribution in [3.05, 3.63) is 35.9 Å². The second-order valence-corrected chi connectivity index (χ2v) is 11.4. The highest BCUT2D eigenvalue weighted by Crippen LogP contribution is 2.41. The van der Waals surface area contributed by atoms with Gasteiger partial charge in [0.15, 0.2) is 5.79 Å². The van der Waals surface area contributed by atoms with Gasteiger partial charge in [-0.05, 0) is 0 Å². The summed E-state index contributed by atoms with van der Waals surface area (Å²) in [6.45, 7) is 1.63. The number of halogens is 6. The lowest BCUT2D eigenvalue weighted by atomic mass is 9.92. The van der Waals surface area contributed by atoms with Gasteiger partial charge in [-0.25, -0.2) is 16.8 Å². The van der Waals surface area contributed by atoms with Crippen LogP contribution in [-0.2, 0) is 35.3 Å². The third-order valence-corrected chi connectivity index (χ3v) is 8.14.